The summed E-state index contributed by atoms with van der Waals surface area (Å²) in [6.07, 6.45) is 0.398. The molecule has 2 aromatic rings. The molecule has 2 amide bonds. The molecule has 5 heteroatoms. The summed E-state index contributed by atoms with van der Waals surface area (Å²) >= 11 is 0. The third kappa shape index (κ3) is 3.87. The summed E-state index contributed by atoms with van der Waals surface area (Å²) in [5.41, 5.74) is 1.43. The van der Waals surface area contributed by atoms with Crippen molar-refractivity contribution in [3.05, 3.63) is 71.5 Å². The first kappa shape index (κ1) is 17.1. The Morgan fingerprint density at radius 3 is 2.56 bits per heavy atom. The van der Waals surface area contributed by atoms with Gasteiger partial charge in [-0.25, -0.2) is 4.39 Å². The lowest BCUT2D eigenvalue weighted by Crippen LogP contribution is -2.33. The molecule has 0 saturated carbocycles. The smallest absolute Gasteiger partial charge is 0.224 e. The van der Waals surface area contributed by atoms with Gasteiger partial charge in [0.1, 0.15) is 5.82 Å². The molecule has 1 aliphatic heterocycles. The summed E-state index contributed by atoms with van der Waals surface area (Å²) in [5.74, 6) is -0.541. The number of hydrogen-bond acceptors (Lipinski definition) is 2. The van der Waals surface area contributed by atoms with Gasteiger partial charge in [0.15, 0.2) is 0 Å². The average molecular weight is 340 g/mol. The molecular weight excluding hydrogens is 319 g/mol. The van der Waals surface area contributed by atoms with E-state index < -0.39 is 0 Å². The maximum absolute atomic E-state index is 13.6. The van der Waals surface area contributed by atoms with Crippen LogP contribution in [0.1, 0.15) is 23.6 Å². The minimum absolute atomic E-state index is 0.000811. The third-order valence-electron chi connectivity index (χ3n) is 4.71. The van der Waals surface area contributed by atoms with Crippen molar-refractivity contribution < 1.29 is 14.0 Å². The van der Waals surface area contributed by atoms with Gasteiger partial charge in [-0.2, -0.15) is 0 Å². The molecule has 1 N–H and O–H groups in total. The van der Waals surface area contributed by atoms with E-state index in [0.29, 0.717) is 18.5 Å². The Hall–Kier alpha value is -2.69. The van der Waals surface area contributed by atoms with Crippen molar-refractivity contribution >= 4 is 11.8 Å². The minimum atomic E-state index is -0.379. The van der Waals surface area contributed by atoms with Crippen LogP contribution in [0.5, 0.6) is 0 Å². The first-order valence-corrected chi connectivity index (χ1v) is 8.37. The van der Waals surface area contributed by atoms with Crippen LogP contribution in [0.25, 0.3) is 0 Å². The molecule has 0 radical (unpaired) electrons. The topological polar surface area (TPSA) is 49.4 Å². The number of likely N-dealkylation sites (tertiary alicyclic amines) is 1. The number of nitrogens with zero attached hydrogens (tertiary/aromatic N) is 1. The molecule has 1 aliphatic rings. The number of halogens is 1. The summed E-state index contributed by atoms with van der Waals surface area (Å²) in [7, 11) is 1.79. The second-order valence-electron chi connectivity index (χ2n) is 6.40. The highest BCUT2D eigenvalue weighted by molar-refractivity contribution is 5.80. The zero-order chi connectivity index (χ0) is 17.8. The fourth-order valence-corrected chi connectivity index (χ4v) is 3.40. The van der Waals surface area contributed by atoms with E-state index in [4.69, 9.17) is 0 Å². The molecule has 1 saturated heterocycles. The van der Waals surface area contributed by atoms with E-state index in [-0.39, 0.29) is 36.0 Å². The van der Waals surface area contributed by atoms with Crippen LogP contribution in [0.15, 0.2) is 54.6 Å². The number of carbonyl (C=O) groups excluding carboxylic acids is 2. The summed E-state index contributed by atoms with van der Waals surface area (Å²) in [5, 5.41) is 2.86. The zero-order valence-corrected chi connectivity index (χ0v) is 14.1. The van der Waals surface area contributed by atoms with Crippen LogP contribution in [0.4, 0.5) is 4.39 Å². The van der Waals surface area contributed by atoms with E-state index in [1.54, 1.807) is 30.1 Å². The highest BCUT2D eigenvalue weighted by Gasteiger charge is 2.38. The van der Waals surface area contributed by atoms with Crippen molar-refractivity contribution in [3.8, 4) is 0 Å². The van der Waals surface area contributed by atoms with Gasteiger partial charge in [0.05, 0.1) is 12.5 Å². The Balaban J connectivity index is 1.64. The minimum Gasteiger partial charge on any atom is -0.355 e. The van der Waals surface area contributed by atoms with Gasteiger partial charge in [-0.3, -0.25) is 9.59 Å². The van der Waals surface area contributed by atoms with E-state index in [1.165, 1.54) is 6.07 Å². The number of hydrogen-bond donors (Lipinski definition) is 1. The number of benzene rings is 2. The Labute approximate surface area is 146 Å². The Morgan fingerprint density at radius 2 is 1.84 bits per heavy atom. The van der Waals surface area contributed by atoms with Crippen LogP contribution in [0.3, 0.4) is 0 Å². The standard InChI is InChI=1S/C20H21FN2O2/c1-23-19(25)12-16(20(23)14-7-3-2-4-8-14)13-22-18(24)11-15-9-5-6-10-17(15)21/h2-10,16,20H,11-13H2,1H3,(H,22,24)/t16-,20-/m0/s1. The fraction of sp³-hybridized carbons (Fsp3) is 0.300. The number of amides is 2. The molecule has 0 aliphatic carbocycles. The third-order valence-corrected chi connectivity index (χ3v) is 4.71. The van der Waals surface area contributed by atoms with Crippen LogP contribution in [-0.2, 0) is 16.0 Å². The molecule has 0 unspecified atom stereocenters. The Bertz CT molecular complexity index is 763. The van der Waals surface area contributed by atoms with E-state index in [0.717, 1.165) is 5.56 Å². The van der Waals surface area contributed by atoms with Crippen molar-refractivity contribution in [1.29, 1.82) is 0 Å². The van der Waals surface area contributed by atoms with Gasteiger partial charge < -0.3 is 10.2 Å². The number of nitrogens with one attached hydrogen (secondary N) is 1. The van der Waals surface area contributed by atoms with E-state index in [1.807, 2.05) is 30.3 Å². The second kappa shape index (κ2) is 7.47. The number of carbonyl (C=O) groups is 2. The molecule has 25 heavy (non-hydrogen) atoms. The fourth-order valence-electron chi connectivity index (χ4n) is 3.40. The van der Waals surface area contributed by atoms with Gasteiger partial charge in [0.2, 0.25) is 11.8 Å². The summed E-state index contributed by atoms with van der Waals surface area (Å²) in [4.78, 5) is 26.0. The zero-order valence-electron chi connectivity index (χ0n) is 14.1. The maximum Gasteiger partial charge on any atom is 0.224 e. The van der Waals surface area contributed by atoms with Crippen molar-refractivity contribution in [2.45, 2.75) is 18.9 Å². The Kier molecular flexibility index (Phi) is 5.12. The molecule has 2 atom stereocenters. The highest BCUT2D eigenvalue weighted by atomic mass is 19.1. The van der Waals surface area contributed by atoms with Gasteiger partial charge in [-0.05, 0) is 17.2 Å². The lowest BCUT2D eigenvalue weighted by atomic mass is 9.93. The first-order chi connectivity index (χ1) is 12.1. The van der Waals surface area contributed by atoms with E-state index >= 15 is 0 Å². The predicted octanol–water partition coefficient (Wildman–Crippen LogP) is 2.70. The van der Waals surface area contributed by atoms with Crippen LogP contribution < -0.4 is 5.32 Å². The van der Waals surface area contributed by atoms with Crippen molar-refractivity contribution in [1.82, 2.24) is 10.2 Å². The molecular formula is C20H21FN2O2. The molecule has 130 valence electrons. The molecule has 0 aromatic heterocycles. The molecule has 2 aromatic carbocycles. The normalized spacial score (nSPS) is 19.9. The lowest BCUT2D eigenvalue weighted by Gasteiger charge is -2.25. The summed E-state index contributed by atoms with van der Waals surface area (Å²) in [6.45, 7) is 0.392. The van der Waals surface area contributed by atoms with E-state index in [2.05, 4.69) is 5.32 Å². The monoisotopic (exact) mass is 340 g/mol. The van der Waals surface area contributed by atoms with Gasteiger partial charge in [-0.1, -0.05) is 48.5 Å². The molecule has 0 bridgehead atoms. The second-order valence-corrected chi connectivity index (χ2v) is 6.40. The SMILES string of the molecule is CN1C(=O)C[C@@H](CNC(=O)Cc2ccccc2F)[C@@H]1c1ccccc1. The van der Waals surface area contributed by atoms with Crippen LogP contribution in [-0.4, -0.2) is 30.3 Å². The largest absolute Gasteiger partial charge is 0.355 e. The van der Waals surface area contributed by atoms with Gasteiger partial charge in [0.25, 0.3) is 0 Å². The van der Waals surface area contributed by atoms with Crippen LogP contribution >= 0.6 is 0 Å². The van der Waals surface area contributed by atoms with Gasteiger partial charge >= 0.3 is 0 Å². The van der Waals surface area contributed by atoms with Gasteiger partial charge in [-0.15, -0.1) is 0 Å². The maximum atomic E-state index is 13.6. The van der Waals surface area contributed by atoms with Gasteiger partial charge in [0, 0.05) is 25.9 Å². The first-order valence-electron chi connectivity index (χ1n) is 8.37. The Morgan fingerprint density at radius 1 is 1.16 bits per heavy atom. The molecule has 0 spiro atoms. The molecule has 3 rings (SSSR count). The van der Waals surface area contributed by atoms with E-state index in [9.17, 15) is 14.0 Å². The van der Waals surface area contributed by atoms with Crippen LogP contribution in [0.2, 0.25) is 0 Å². The van der Waals surface area contributed by atoms with Crippen LogP contribution in [0, 0.1) is 11.7 Å². The predicted molar refractivity (Wildman–Crippen MR) is 93.2 cm³/mol. The highest BCUT2D eigenvalue weighted by Crippen LogP contribution is 2.36. The quantitative estimate of drug-likeness (QED) is 0.910. The van der Waals surface area contributed by atoms with Crippen molar-refractivity contribution in [3.63, 3.8) is 0 Å². The lowest BCUT2D eigenvalue weighted by molar-refractivity contribution is -0.127. The average Bonchev–Trinajstić information content (AvgIpc) is 2.90. The summed E-state index contributed by atoms with van der Waals surface area (Å²) in [6, 6.07) is 16.0. The molecule has 4 nitrogen and oxygen atoms in total. The molecule has 1 heterocycles. The van der Waals surface area contributed by atoms with Crippen molar-refractivity contribution in [2.24, 2.45) is 5.92 Å². The molecule has 1 fully saturated rings. The number of rotatable bonds is 5. The summed E-state index contributed by atoms with van der Waals surface area (Å²) < 4.78 is 13.6. The van der Waals surface area contributed by atoms with Crippen molar-refractivity contribution in [2.75, 3.05) is 13.6 Å².